The molecule has 1 aromatic rings. The first-order valence-electron chi connectivity index (χ1n) is 4.74. The van der Waals surface area contributed by atoms with Gasteiger partial charge in [0, 0.05) is 0 Å². The summed E-state index contributed by atoms with van der Waals surface area (Å²) in [5, 5.41) is 9.53. The molecule has 0 radical (unpaired) electrons. The quantitative estimate of drug-likeness (QED) is 0.703. The fourth-order valence-corrected chi connectivity index (χ4v) is 1.31. The van der Waals surface area contributed by atoms with Crippen LogP contribution in [0.5, 0.6) is 5.75 Å². The standard InChI is InChI=1S/C13H16O/c1-4-5-6-7-12-9-13(14)11(3)8-10(12)2/h4-9,14H,1-3H3/b5-4-,7-6-. The Bertz CT molecular complexity index is 373. The maximum Gasteiger partial charge on any atom is 0.119 e. The van der Waals surface area contributed by atoms with Crippen molar-refractivity contribution in [3.05, 3.63) is 47.1 Å². The normalized spacial score (nSPS) is 11.6. The van der Waals surface area contributed by atoms with Crippen LogP contribution in [0.25, 0.3) is 6.08 Å². The van der Waals surface area contributed by atoms with E-state index in [1.807, 2.05) is 51.1 Å². The first-order chi connectivity index (χ1) is 6.65. The topological polar surface area (TPSA) is 20.2 Å². The average molecular weight is 188 g/mol. The Morgan fingerprint density at radius 2 is 1.79 bits per heavy atom. The van der Waals surface area contributed by atoms with Crippen LogP contribution < -0.4 is 0 Å². The summed E-state index contributed by atoms with van der Waals surface area (Å²) in [4.78, 5) is 0. The molecule has 1 heteroatoms. The second-order valence-electron chi connectivity index (χ2n) is 3.38. The lowest BCUT2D eigenvalue weighted by Crippen LogP contribution is -1.83. The zero-order valence-corrected chi connectivity index (χ0v) is 8.91. The van der Waals surface area contributed by atoms with E-state index < -0.39 is 0 Å². The van der Waals surface area contributed by atoms with Crippen LogP contribution >= 0.6 is 0 Å². The lowest BCUT2D eigenvalue weighted by Gasteiger charge is -2.04. The molecule has 0 aliphatic rings. The van der Waals surface area contributed by atoms with Gasteiger partial charge in [-0.25, -0.2) is 0 Å². The highest BCUT2D eigenvalue weighted by atomic mass is 16.3. The van der Waals surface area contributed by atoms with Crippen molar-refractivity contribution in [3.8, 4) is 5.75 Å². The van der Waals surface area contributed by atoms with Gasteiger partial charge in [-0.3, -0.25) is 0 Å². The molecule has 0 amide bonds. The summed E-state index contributed by atoms with van der Waals surface area (Å²) in [6.45, 7) is 5.92. The molecule has 0 saturated carbocycles. The smallest absolute Gasteiger partial charge is 0.119 e. The molecule has 0 unspecified atom stereocenters. The predicted octanol–water partition coefficient (Wildman–Crippen LogP) is 3.60. The van der Waals surface area contributed by atoms with Gasteiger partial charge in [-0.1, -0.05) is 30.4 Å². The van der Waals surface area contributed by atoms with Crippen molar-refractivity contribution in [2.24, 2.45) is 0 Å². The third kappa shape index (κ3) is 2.49. The molecule has 74 valence electrons. The lowest BCUT2D eigenvalue weighted by atomic mass is 10.0. The first-order valence-corrected chi connectivity index (χ1v) is 4.74. The van der Waals surface area contributed by atoms with Crippen LogP contribution in [0, 0.1) is 13.8 Å². The van der Waals surface area contributed by atoms with Crippen LogP contribution in [0.2, 0.25) is 0 Å². The molecule has 0 saturated heterocycles. The maximum atomic E-state index is 9.53. The van der Waals surface area contributed by atoms with Gasteiger partial charge in [-0.05, 0) is 43.5 Å². The molecule has 0 spiro atoms. The molecule has 0 heterocycles. The van der Waals surface area contributed by atoms with Gasteiger partial charge in [-0.15, -0.1) is 0 Å². The lowest BCUT2D eigenvalue weighted by molar-refractivity contribution is 0.471. The monoisotopic (exact) mass is 188 g/mol. The summed E-state index contributed by atoms with van der Waals surface area (Å²) in [5.74, 6) is 0.357. The average Bonchev–Trinajstić information content (AvgIpc) is 2.14. The van der Waals surface area contributed by atoms with E-state index in [1.165, 1.54) is 5.56 Å². The number of hydrogen-bond donors (Lipinski definition) is 1. The fourth-order valence-electron chi connectivity index (χ4n) is 1.31. The van der Waals surface area contributed by atoms with Gasteiger partial charge in [0.2, 0.25) is 0 Å². The predicted molar refractivity (Wildman–Crippen MR) is 61.4 cm³/mol. The summed E-state index contributed by atoms with van der Waals surface area (Å²) >= 11 is 0. The van der Waals surface area contributed by atoms with Gasteiger partial charge in [0.05, 0.1) is 0 Å². The van der Waals surface area contributed by atoms with Crippen molar-refractivity contribution < 1.29 is 5.11 Å². The van der Waals surface area contributed by atoms with E-state index in [1.54, 1.807) is 6.07 Å². The Hall–Kier alpha value is -1.50. The van der Waals surface area contributed by atoms with E-state index in [9.17, 15) is 5.11 Å². The zero-order chi connectivity index (χ0) is 10.6. The molecule has 0 bridgehead atoms. The van der Waals surface area contributed by atoms with E-state index >= 15 is 0 Å². The highest BCUT2D eigenvalue weighted by molar-refractivity contribution is 5.58. The van der Waals surface area contributed by atoms with Crippen molar-refractivity contribution >= 4 is 6.08 Å². The number of phenolic OH excluding ortho intramolecular Hbond substituents is 1. The van der Waals surface area contributed by atoms with Gasteiger partial charge >= 0.3 is 0 Å². The number of aryl methyl sites for hydroxylation is 2. The number of rotatable bonds is 2. The van der Waals surface area contributed by atoms with Crippen LogP contribution in [-0.4, -0.2) is 5.11 Å². The molecule has 1 nitrogen and oxygen atoms in total. The second kappa shape index (κ2) is 4.66. The van der Waals surface area contributed by atoms with Crippen LogP contribution in [-0.2, 0) is 0 Å². The van der Waals surface area contributed by atoms with Crippen molar-refractivity contribution in [1.82, 2.24) is 0 Å². The van der Waals surface area contributed by atoms with Crippen LogP contribution in [0.15, 0.2) is 30.4 Å². The number of aromatic hydroxyl groups is 1. The summed E-state index contributed by atoms with van der Waals surface area (Å²) in [6, 6.07) is 3.79. The molecule has 0 aliphatic heterocycles. The molecular weight excluding hydrogens is 172 g/mol. The summed E-state index contributed by atoms with van der Waals surface area (Å²) in [5.41, 5.74) is 3.16. The number of hydrogen-bond acceptors (Lipinski definition) is 1. The minimum Gasteiger partial charge on any atom is -0.508 e. The number of benzene rings is 1. The van der Waals surface area contributed by atoms with E-state index in [0.717, 1.165) is 11.1 Å². The van der Waals surface area contributed by atoms with Gasteiger partial charge in [-0.2, -0.15) is 0 Å². The third-order valence-electron chi connectivity index (χ3n) is 2.16. The van der Waals surface area contributed by atoms with E-state index in [2.05, 4.69) is 0 Å². The molecule has 1 aromatic carbocycles. The zero-order valence-electron chi connectivity index (χ0n) is 8.91. The second-order valence-corrected chi connectivity index (χ2v) is 3.38. The molecule has 0 aromatic heterocycles. The third-order valence-corrected chi connectivity index (χ3v) is 2.16. The van der Waals surface area contributed by atoms with Gasteiger partial charge in [0.15, 0.2) is 0 Å². The van der Waals surface area contributed by atoms with Gasteiger partial charge < -0.3 is 5.11 Å². The molecular formula is C13H16O. The van der Waals surface area contributed by atoms with Crippen molar-refractivity contribution in [1.29, 1.82) is 0 Å². The summed E-state index contributed by atoms with van der Waals surface area (Å²) < 4.78 is 0. The van der Waals surface area contributed by atoms with Gasteiger partial charge in [0.25, 0.3) is 0 Å². The van der Waals surface area contributed by atoms with E-state index in [4.69, 9.17) is 0 Å². The minimum atomic E-state index is 0.357. The molecule has 1 N–H and O–H groups in total. The van der Waals surface area contributed by atoms with Crippen LogP contribution in [0.4, 0.5) is 0 Å². The van der Waals surface area contributed by atoms with Gasteiger partial charge in [0.1, 0.15) is 5.75 Å². The Balaban J connectivity index is 3.04. The first kappa shape index (κ1) is 10.6. The summed E-state index contributed by atoms with van der Waals surface area (Å²) in [7, 11) is 0. The Morgan fingerprint density at radius 1 is 1.07 bits per heavy atom. The number of phenols is 1. The van der Waals surface area contributed by atoms with E-state index in [-0.39, 0.29) is 0 Å². The van der Waals surface area contributed by atoms with Crippen LogP contribution in [0.1, 0.15) is 23.6 Å². The van der Waals surface area contributed by atoms with Crippen molar-refractivity contribution in [2.75, 3.05) is 0 Å². The SMILES string of the molecule is C/C=C\C=C/c1cc(O)c(C)cc1C. The maximum absolute atomic E-state index is 9.53. The molecule has 0 aliphatic carbocycles. The Morgan fingerprint density at radius 3 is 2.43 bits per heavy atom. The Kier molecular flexibility index (Phi) is 3.52. The molecule has 14 heavy (non-hydrogen) atoms. The summed E-state index contributed by atoms with van der Waals surface area (Å²) in [6.07, 6.45) is 7.90. The highest BCUT2D eigenvalue weighted by Crippen LogP contribution is 2.22. The minimum absolute atomic E-state index is 0.357. The number of allylic oxidation sites excluding steroid dienone is 3. The van der Waals surface area contributed by atoms with E-state index in [0.29, 0.717) is 5.75 Å². The van der Waals surface area contributed by atoms with Crippen molar-refractivity contribution in [2.45, 2.75) is 20.8 Å². The fraction of sp³-hybridized carbons (Fsp3) is 0.231. The van der Waals surface area contributed by atoms with Crippen molar-refractivity contribution in [3.63, 3.8) is 0 Å². The molecule has 0 atom stereocenters. The largest absolute Gasteiger partial charge is 0.508 e. The molecule has 0 fully saturated rings. The van der Waals surface area contributed by atoms with Crippen LogP contribution in [0.3, 0.4) is 0 Å². The Labute approximate surface area is 85.4 Å². The molecule has 1 rings (SSSR count). The highest BCUT2D eigenvalue weighted by Gasteiger charge is 1.99.